The molecular weight excluding hydrogens is 164 g/mol. The lowest BCUT2D eigenvalue weighted by molar-refractivity contribution is 0.643. The molecule has 0 amide bonds. The summed E-state index contributed by atoms with van der Waals surface area (Å²) in [4.78, 5) is 0. The predicted molar refractivity (Wildman–Crippen MR) is 56.9 cm³/mol. The van der Waals surface area contributed by atoms with Gasteiger partial charge in [0.05, 0.1) is 0 Å². The summed E-state index contributed by atoms with van der Waals surface area (Å²) in [6.07, 6.45) is 3.77. The van der Waals surface area contributed by atoms with Gasteiger partial charge in [-0.2, -0.15) is 11.3 Å². The van der Waals surface area contributed by atoms with Crippen molar-refractivity contribution in [2.24, 2.45) is 5.92 Å². The summed E-state index contributed by atoms with van der Waals surface area (Å²) in [7, 11) is 0. The van der Waals surface area contributed by atoms with Crippen molar-refractivity contribution in [1.82, 2.24) is 0 Å². The topological polar surface area (TPSA) is 0 Å². The fourth-order valence-electron chi connectivity index (χ4n) is 1.46. The van der Waals surface area contributed by atoms with Crippen molar-refractivity contribution in [3.05, 3.63) is 21.9 Å². The number of rotatable bonds is 4. The first-order chi connectivity index (χ1) is 5.74. The van der Waals surface area contributed by atoms with Crippen LogP contribution in [0.25, 0.3) is 0 Å². The Kier molecular flexibility index (Phi) is 3.80. The lowest BCUT2D eigenvalue weighted by Crippen LogP contribution is -1.95. The maximum Gasteiger partial charge on any atom is -0.00583 e. The molecule has 0 aliphatic rings. The zero-order valence-electron chi connectivity index (χ0n) is 8.26. The van der Waals surface area contributed by atoms with Crippen LogP contribution in [0.4, 0.5) is 0 Å². The van der Waals surface area contributed by atoms with E-state index in [2.05, 4.69) is 31.5 Å². The smallest absolute Gasteiger partial charge is 0.00583 e. The van der Waals surface area contributed by atoms with Crippen molar-refractivity contribution in [3.63, 3.8) is 0 Å². The minimum Gasteiger partial charge on any atom is -0.152 e. The van der Waals surface area contributed by atoms with Gasteiger partial charge >= 0.3 is 0 Å². The van der Waals surface area contributed by atoms with E-state index in [9.17, 15) is 0 Å². The molecule has 0 spiro atoms. The summed E-state index contributed by atoms with van der Waals surface area (Å²) >= 11 is 1.85. The standard InChI is InChI=1S/C11H18S/c1-4-5-10-7-12-8-11(10)6-9(2)3/h7-9H,4-6H2,1-3H3. The molecule has 0 radical (unpaired) electrons. The van der Waals surface area contributed by atoms with Crippen LogP contribution in [0.3, 0.4) is 0 Å². The highest BCUT2D eigenvalue weighted by Gasteiger charge is 2.04. The van der Waals surface area contributed by atoms with Crippen LogP contribution in [-0.4, -0.2) is 0 Å². The Hall–Kier alpha value is -0.300. The Bertz CT molecular complexity index is 223. The molecule has 0 aromatic carbocycles. The van der Waals surface area contributed by atoms with Gasteiger partial charge in [0.1, 0.15) is 0 Å². The van der Waals surface area contributed by atoms with E-state index in [-0.39, 0.29) is 0 Å². The summed E-state index contributed by atoms with van der Waals surface area (Å²) in [5, 5.41) is 4.62. The predicted octanol–water partition coefficient (Wildman–Crippen LogP) is 3.90. The average Bonchev–Trinajstić information content (AvgIpc) is 2.37. The molecule has 0 nitrogen and oxygen atoms in total. The highest BCUT2D eigenvalue weighted by Crippen LogP contribution is 2.19. The van der Waals surface area contributed by atoms with Gasteiger partial charge in [-0.25, -0.2) is 0 Å². The van der Waals surface area contributed by atoms with Crippen molar-refractivity contribution in [3.8, 4) is 0 Å². The van der Waals surface area contributed by atoms with Gasteiger partial charge in [0.2, 0.25) is 0 Å². The molecule has 1 heteroatoms. The Morgan fingerprint density at radius 3 is 2.50 bits per heavy atom. The van der Waals surface area contributed by atoms with Gasteiger partial charge in [-0.1, -0.05) is 27.2 Å². The van der Waals surface area contributed by atoms with Gasteiger partial charge in [-0.05, 0) is 40.6 Å². The molecule has 0 saturated carbocycles. The maximum atomic E-state index is 2.31. The van der Waals surface area contributed by atoms with Gasteiger partial charge in [-0.3, -0.25) is 0 Å². The third-order valence-corrected chi connectivity index (χ3v) is 2.82. The van der Waals surface area contributed by atoms with E-state index in [1.165, 1.54) is 19.3 Å². The third-order valence-electron chi connectivity index (χ3n) is 1.98. The van der Waals surface area contributed by atoms with Crippen LogP contribution in [0.15, 0.2) is 10.8 Å². The number of thiophene rings is 1. The van der Waals surface area contributed by atoms with E-state index in [1.54, 1.807) is 11.1 Å². The first-order valence-electron chi connectivity index (χ1n) is 4.78. The number of aryl methyl sites for hydroxylation is 1. The van der Waals surface area contributed by atoms with Gasteiger partial charge in [0.25, 0.3) is 0 Å². The van der Waals surface area contributed by atoms with Crippen molar-refractivity contribution in [2.45, 2.75) is 40.0 Å². The van der Waals surface area contributed by atoms with Crippen LogP contribution in [0.5, 0.6) is 0 Å². The fraction of sp³-hybridized carbons (Fsp3) is 0.636. The quantitative estimate of drug-likeness (QED) is 0.662. The molecule has 0 N–H and O–H groups in total. The molecule has 0 fully saturated rings. The van der Waals surface area contributed by atoms with Gasteiger partial charge < -0.3 is 0 Å². The molecule has 0 aliphatic carbocycles. The monoisotopic (exact) mass is 182 g/mol. The Balaban J connectivity index is 2.63. The second-order valence-corrected chi connectivity index (χ2v) is 4.51. The molecular formula is C11H18S. The normalized spacial score (nSPS) is 11.0. The van der Waals surface area contributed by atoms with E-state index < -0.39 is 0 Å². The third kappa shape index (κ3) is 2.63. The first-order valence-corrected chi connectivity index (χ1v) is 5.72. The second-order valence-electron chi connectivity index (χ2n) is 3.77. The van der Waals surface area contributed by atoms with Crippen LogP contribution in [0, 0.1) is 5.92 Å². The summed E-state index contributed by atoms with van der Waals surface area (Å²) in [5.74, 6) is 0.787. The Labute approximate surface area is 79.6 Å². The fourth-order valence-corrected chi connectivity index (χ4v) is 2.37. The van der Waals surface area contributed by atoms with Gasteiger partial charge in [0, 0.05) is 0 Å². The molecule has 0 unspecified atom stereocenters. The van der Waals surface area contributed by atoms with Crippen LogP contribution in [0.2, 0.25) is 0 Å². The van der Waals surface area contributed by atoms with E-state index in [4.69, 9.17) is 0 Å². The van der Waals surface area contributed by atoms with E-state index in [0.29, 0.717) is 0 Å². The molecule has 1 rings (SSSR count). The lowest BCUT2D eigenvalue weighted by Gasteiger charge is -2.05. The van der Waals surface area contributed by atoms with Gasteiger partial charge in [-0.15, -0.1) is 0 Å². The van der Waals surface area contributed by atoms with Crippen LogP contribution in [0.1, 0.15) is 38.3 Å². The van der Waals surface area contributed by atoms with Crippen LogP contribution >= 0.6 is 11.3 Å². The van der Waals surface area contributed by atoms with E-state index in [1.807, 2.05) is 11.3 Å². The molecule has 1 heterocycles. The molecule has 0 saturated heterocycles. The lowest BCUT2D eigenvalue weighted by atomic mass is 10.0. The van der Waals surface area contributed by atoms with Gasteiger partial charge in [0.15, 0.2) is 0 Å². The molecule has 1 aromatic rings. The summed E-state index contributed by atoms with van der Waals surface area (Å²) < 4.78 is 0. The van der Waals surface area contributed by atoms with E-state index in [0.717, 1.165) is 5.92 Å². The Morgan fingerprint density at radius 1 is 1.25 bits per heavy atom. The molecule has 68 valence electrons. The maximum absolute atomic E-state index is 2.31. The SMILES string of the molecule is CCCc1cscc1CC(C)C. The number of hydrogen-bond acceptors (Lipinski definition) is 1. The number of hydrogen-bond donors (Lipinski definition) is 0. The second kappa shape index (κ2) is 4.66. The average molecular weight is 182 g/mol. The molecule has 1 aromatic heterocycles. The Morgan fingerprint density at radius 2 is 1.92 bits per heavy atom. The highest BCUT2D eigenvalue weighted by molar-refractivity contribution is 7.08. The highest BCUT2D eigenvalue weighted by atomic mass is 32.1. The molecule has 12 heavy (non-hydrogen) atoms. The van der Waals surface area contributed by atoms with Crippen LogP contribution in [-0.2, 0) is 12.8 Å². The minimum atomic E-state index is 0.787. The van der Waals surface area contributed by atoms with Crippen molar-refractivity contribution in [2.75, 3.05) is 0 Å². The summed E-state index contributed by atoms with van der Waals surface area (Å²) in [5.41, 5.74) is 3.16. The largest absolute Gasteiger partial charge is 0.152 e. The summed E-state index contributed by atoms with van der Waals surface area (Å²) in [6, 6.07) is 0. The molecule has 0 aliphatic heterocycles. The van der Waals surface area contributed by atoms with Crippen LogP contribution < -0.4 is 0 Å². The van der Waals surface area contributed by atoms with Crippen molar-refractivity contribution in [1.29, 1.82) is 0 Å². The van der Waals surface area contributed by atoms with Crippen molar-refractivity contribution >= 4 is 11.3 Å². The molecule has 0 atom stereocenters. The van der Waals surface area contributed by atoms with Crippen molar-refractivity contribution < 1.29 is 0 Å². The van der Waals surface area contributed by atoms with E-state index >= 15 is 0 Å². The zero-order valence-corrected chi connectivity index (χ0v) is 9.08. The zero-order chi connectivity index (χ0) is 8.97. The summed E-state index contributed by atoms with van der Waals surface area (Å²) in [6.45, 7) is 6.82. The molecule has 0 bridgehead atoms. The minimum absolute atomic E-state index is 0.787. The first kappa shape index (κ1) is 9.79.